The fourth-order valence-corrected chi connectivity index (χ4v) is 11.9. The lowest BCUT2D eigenvalue weighted by Crippen LogP contribution is -2.09. The van der Waals surface area contributed by atoms with E-state index in [2.05, 4.69) is 69.5 Å². The summed E-state index contributed by atoms with van der Waals surface area (Å²) in [6.07, 6.45) is 0. The van der Waals surface area contributed by atoms with Gasteiger partial charge < -0.3 is 27.4 Å². The Balaban J connectivity index is 0.910. The van der Waals surface area contributed by atoms with Gasteiger partial charge >= 0.3 is 0 Å². The van der Waals surface area contributed by atoms with Crippen molar-refractivity contribution in [3.63, 3.8) is 0 Å². The van der Waals surface area contributed by atoms with Crippen molar-refractivity contribution in [2.45, 2.75) is 0 Å². The van der Waals surface area contributed by atoms with Gasteiger partial charge in [0.25, 0.3) is 0 Å². The fourth-order valence-electron chi connectivity index (χ4n) is 11.9. The largest absolute Gasteiger partial charge is 0.456 e. The number of benzene rings is 11. The van der Waals surface area contributed by atoms with Crippen LogP contribution in [0.5, 0.6) is 0 Å². The third-order valence-corrected chi connectivity index (χ3v) is 14.9. The van der Waals surface area contributed by atoms with Crippen molar-refractivity contribution in [3.05, 3.63) is 230 Å². The smallest absolute Gasteiger partial charge is 0.135 e. The van der Waals surface area contributed by atoms with Gasteiger partial charge in [-0.3, -0.25) is 0 Å². The second-order valence-corrected chi connectivity index (χ2v) is 18.5. The number of fused-ring (bicyclic) bond motifs is 18. The number of hydrogen-bond donors (Lipinski definition) is 0. The summed E-state index contributed by atoms with van der Waals surface area (Å²) in [4.78, 5) is 3.52. The molecule has 0 aliphatic carbocycles. The standard InChI is InChI=1S/C66H38N4O2/c1-3-13-39(14-4-1)67(41-27-31-63-55(33-41)47-17-7-9-23-61(47)71-63)43-25-29-45-49-19-11-21-51-53-38-60-54(37-59(53)69(65(49)51)57(45)35-43)52-22-12-20-50-46-30-26-44(36-58(46)70(60)66(50)52)68(40-15-5-2-6-16-40)42-28-32-64-56(34-42)48-18-8-10-24-62(48)72-64/h1-38H/i1D,2D,3D,4D,5D,6D,13D,14D,15D,16D. The van der Waals surface area contributed by atoms with Crippen LogP contribution in [-0.4, -0.2) is 8.80 Å². The molecule has 17 rings (SSSR count). The second-order valence-electron chi connectivity index (χ2n) is 18.5. The molecule has 0 aliphatic rings. The Labute approximate surface area is 424 Å². The fraction of sp³-hybridized carbons (Fsp3) is 0. The highest BCUT2D eigenvalue weighted by atomic mass is 16.3. The van der Waals surface area contributed by atoms with Gasteiger partial charge in [-0.25, -0.2) is 0 Å². The van der Waals surface area contributed by atoms with Crippen molar-refractivity contribution in [2.75, 3.05) is 9.80 Å². The van der Waals surface area contributed by atoms with Crippen LogP contribution in [-0.2, 0) is 0 Å². The van der Waals surface area contributed by atoms with Crippen molar-refractivity contribution in [2.24, 2.45) is 0 Å². The Morgan fingerprint density at radius 1 is 0.278 bits per heavy atom. The molecular formula is C66H38N4O2. The van der Waals surface area contributed by atoms with E-state index in [4.69, 9.17) is 17.1 Å². The number of anilines is 6. The third kappa shape index (κ3) is 5.06. The Morgan fingerprint density at radius 3 is 1.10 bits per heavy atom. The lowest BCUT2D eigenvalue weighted by atomic mass is 10.0. The van der Waals surface area contributed by atoms with Crippen LogP contribution in [0.2, 0.25) is 0 Å². The van der Waals surface area contributed by atoms with Crippen LogP contribution >= 0.6 is 0 Å². The Bertz CT molecular complexity index is 5300. The molecule has 0 fully saturated rings. The van der Waals surface area contributed by atoms with E-state index in [0.717, 1.165) is 97.7 Å². The van der Waals surface area contributed by atoms with E-state index in [1.165, 1.54) is 0 Å². The maximum Gasteiger partial charge on any atom is 0.135 e. The minimum Gasteiger partial charge on any atom is -0.456 e. The van der Waals surface area contributed by atoms with E-state index in [9.17, 15) is 5.48 Å². The van der Waals surface area contributed by atoms with Crippen molar-refractivity contribution in [3.8, 4) is 0 Å². The second kappa shape index (κ2) is 13.9. The van der Waals surface area contributed by atoms with E-state index in [1.807, 2.05) is 109 Å². The molecule has 0 saturated carbocycles. The SMILES string of the molecule is [2H]c1c([2H])c([2H])c(N(c2ccc3oc4ccccc4c3c2)c2ccc3c4cccc5c6cc7c(cc6n(c3c2)c45)c2cccc3c4ccc(N(c5ccc6oc8ccccc8c6c5)c5c([2H])c([2H])c([2H])c([2H])c5[2H])cc4n7c32)c([2H])c1[2H]. The van der Waals surface area contributed by atoms with Crippen LogP contribution in [0.15, 0.2) is 239 Å². The van der Waals surface area contributed by atoms with E-state index in [-0.39, 0.29) is 35.5 Å². The van der Waals surface area contributed by atoms with E-state index in [0.29, 0.717) is 45.1 Å². The molecule has 17 aromatic rings. The zero-order valence-electron chi connectivity index (χ0n) is 47.8. The molecule has 6 nitrogen and oxygen atoms in total. The summed E-state index contributed by atoms with van der Waals surface area (Å²) >= 11 is 0. The van der Waals surface area contributed by atoms with Crippen molar-refractivity contribution in [1.82, 2.24) is 8.80 Å². The first-order valence-corrected chi connectivity index (χ1v) is 23.7. The first kappa shape index (κ1) is 30.0. The summed E-state index contributed by atoms with van der Waals surface area (Å²) in [6, 6.07) is 52.1. The van der Waals surface area contributed by atoms with Crippen LogP contribution < -0.4 is 9.80 Å². The molecule has 6 aromatic heterocycles. The molecule has 6 heteroatoms. The summed E-state index contributed by atoms with van der Waals surface area (Å²) in [7, 11) is 0. The molecule has 0 spiro atoms. The van der Waals surface area contributed by atoms with Crippen LogP contribution in [0, 0.1) is 0 Å². The van der Waals surface area contributed by atoms with Gasteiger partial charge in [-0.1, -0.05) is 121 Å². The number of para-hydroxylation sites is 6. The van der Waals surface area contributed by atoms with Crippen LogP contribution in [0.3, 0.4) is 0 Å². The maximum absolute atomic E-state index is 9.29. The highest BCUT2D eigenvalue weighted by Gasteiger charge is 2.25. The van der Waals surface area contributed by atoms with Gasteiger partial charge in [0, 0.05) is 98.8 Å². The minimum absolute atomic E-state index is 0.0171. The predicted octanol–water partition coefficient (Wildman–Crippen LogP) is 18.7. The average molecular weight is 929 g/mol. The van der Waals surface area contributed by atoms with E-state index < -0.39 is 36.3 Å². The molecule has 0 amide bonds. The quantitative estimate of drug-likeness (QED) is 0.167. The van der Waals surface area contributed by atoms with Crippen molar-refractivity contribution < 1.29 is 22.5 Å². The van der Waals surface area contributed by atoms with Crippen LogP contribution in [0.25, 0.3) is 120 Å². The Morgan fingerprint density at radius 2 is 0.639 bits per heavy atom. The molecule has 0 radical (unpaired) electrons. The Kier molecular flexibility index (Phi) is 5.80. The first-order chi connectivity index (χ1) is 39.8. The van der Waals surface area contributed by atoms with Gasteiger partial charge in [0.15, 0.2) is 0 Å². The number of rotatable bonds is 6. The third-order valence-electron chi connectivity index (χ3n) is 14.9. The van der Waals surface area contributed by atoms with Gasteiger partial charge in [0.2, 0.25) is 0 Å². The number of aromatic nitrogens is 2. The van der Waals surface area contributed by atoms with E-state index in [1.54, 1.807) is 9.80 Å². The molecule has 72 heavy (non-hydrogen) atoms. The van der Waals surface area contributed by atoms with Crippen molar-refractivity contribution in [1.29, 1.82) is 0 Å². The number of furan rings is 2. The first-order valence-electron chi connectivity index (χ1n) is 28.7. The highest BCUT2D eigenvalue weighted by Crippen LogP contribution is 2.48. The lowest BCUT2D eigenvalue weighted by molar-refractivity contribution is 0.668. The summed E-state index contributed by atoms with van der Waals surface area (Å²) in [6.45, 7) is 0. The number of hydrogen-bond acceptors (Lipinski definition) is 4. The molecule has 0 bridgehead atoms. The van der Waals surface area contributed by atoms with E-state index >= 15 is 0 Å². The molecule has 334 valence electrons. The van der Waals surface area contributed by atoms with Gasteiger partial charge in [-0.2, -0.15) is 0 Å². The molecule has 0 unspecified atom stereocenters. The normalized spacial score (nSPS) is 14.4. The highest BCUT2D eigenvalue weighted by molar-refractivity contribution is 6.29. The maximum atomic E-state index is 9.29. The minimum atomic E-state index is -0.475. The molecule has 11 aromatic carbocycles. The summed E-state index contributed by atoms with van der Waals surface area (Å²) in [5.74, 6) is 0. The van der Waals surface area contributed by atoms with Crippen LogP contribution in [0.4, 0.5) is 34.1 Å². The molecular weight excluding hydrogens is 881 g/mol. The Hall–Kier alpha value is -9.78. The molecule has 0 atom stereocenters. The van der Waals surface area contributed by atoms with Crippen molar-refractivity contribution >= 4 is 154 Å². The topological polar surface area (TPSA) is 41.6 Å². The molecule has 0 saturated heterocycles. The van der Waals surface area contributed by atoms with Gasteiger partial charge in [0.05, 0.1) is 46.8 Å². The van der Waals surface area contributed by atoms with Gasteiger partial charge in [0.1, 0.15) is 22.3 Å². The number of nitrogens with zero attached hydrogens (tertiary/aromatic N) is 4. The molecule has 0 N–H and O–H groups in total. The predicted molar refractivity (Wildman–Crippen MR) is 300 cm³/mol. The summed E-state index contributed by atoms with van der Waals surface area (Å²) in [5, 5.41) is 11.5. The average Bonchev–Trinajstić information content (AvgIpc) is 1.88. The molecule has 0 aliphatic heterocycles. The van der Waals surface area contributed by atoms with Gasteiger partial charge in [-0.15, -0.1) is 0 Å². The van der Waals surface area contributed by atoms with Gasteiger partial charge in [-0.05, 0) is 109 Å². The lowest BCUT2D eigenvalue weighted by Gasteiger charge is -2.25. The zero-order valence-corrected chi connectivity index (χ0v) is 37.8. The monoisotopic (exact) mass is 928 g/mol. The summed E-state index contributed by atoms with van der Waals surface area (Å²) in [5.41, 5.74) is 10.8. The summed E-state index contributed by atoms with van der Waals surface area (Å²) < 4.78 is 106. The van der Waals surface area contributed by atoms with Crippen LogP contribution in [0.1, 0.15) is 13.7 Å². The zero-order chi connectivity index (χ0) is 55.5. The molecule has 6 heterocycles.